The van der Waals surface area contributed by atoms with Crippen LogP contribution in [0.4, 0.5) is 0 Å². The molecule has 0 bridgehead atoms. The zero-order valence-electron chi connectivity index (χ0n) is 11.2. The quantitative estimate of drug-likeness (QED) is 0.836. The summed E-state index contributed by atoms with van der Waals surface area (Å²) >= 11 is 0. The number of furan rings is 1. The molecule has 2 N–H and O–H groups in total. The van der Waals surface area contributed by atoms with Crippen LogP contribution in [0.2, 0.25) is 0 Å². The number of hydrogen-bond acceptors (Lipinski definition) is 3. The molecule has 1 heterocycles. The van der Waals surface area contributed by atoms with E-state index in [4.69, 9.17) is 10.2 Å². The highest BCUT2D eigenvalue weighted by atomic mass is 16.3. The third kappa shape index (κ3) is 3.13. The smallest absolute Gasteiger partial charge is 0.222 e. The largest absolute Gasteiger partial charge is 0.466 e. The highest BCUT2D eigenvalue weighted by Gasteiger charge is 2.42. The number of aryl methyl sites for hydroxylation is 2. The van der Waals surface area contributed by atoms with E-state index in [-0.39, 0.29) is 11.3 Å². The summed E-state index contributed by atoms with van der Waals surface area (Å²) in [4.78, 5) is 13.8. The van der Waals surface area contributed by atoms with Gasteiger partial charge in [-0.2, -0.15) is 0 Å². The Bertz CT molecular complexity index is 421. The molecule has 1 saturated carbocycles. The molecule has 1 aliphatic carbocycles. The van der Waals surface area contributed by atoms with Crippen molar-refractivity contribution >= 4 is 5.91 Å². The lowest BCUT2D eigenvalue weighted by molar-refractivity contribution is -0.130. The van der Waals surface area contributed by atoms with E-state index in [1.165, 1.54) is 0 Å². The monoisotopic (exact) mass is 250 g/mol. The first-order valence-corrected chi connectivity index (χ1v) is 6.54. The normalized spacial score (nSPS) is 16.6. The van der Waals surface area contributed by atoms with Crippen LogP contribution >= 0.6 is 0 Å². The zero-order chi connectivity index (χ0) is 13.2. The van der Waals surface area contributed by atoms with Crippen molar-refractivity contribution in [3.8, 4) is 0 Å². The first-order valence-electron chi connectivity index (χ1n) is 6.54. The zero-order valence-corrected chi connectivity index (χ0v) is 11.2. The van der Waals surface area contributed by atoms with Crippen LogP contribution in [0.25, 0.3) is 0 Å². The van der Waals surface area contributed by atoms with Gasteiger partial charge in [0, 0.05) is 31.8 Å². The summed E-state index contributed by atoms with van der Waals surface area (Å²) in [5.41, 5.74) is 5.95. The Morgan fingerprint density at radius 3 is 2.72 bits per heavy atom. The van der Waals surface area contributed by atoms with Crippen LogP contribution in [-0.2, 0) is 11.2 Å². The number of nitrogens with zero attached hydrogens (tertiary/aromatic N) is 1. The molecule has 0 radical (unpaired) electrons. The van der Waals surface area contributed by atoms with Gasteiger partial charge in [-0.1, -0.05) is 0 Å². The molecule has 0 spiro atoms. The van der Waals surface area contributed by atoms with Crippen molar-refractivity contribution in [1.29, 1.82) is 0 Å². The molecule has 1 aromatic rings. The number of amides is 1. The Balaban J connectivity index is 1.77. The van der Waals surface area contributed by atoms with E-state index in [1.54, 1.807) is 0 Å². The van der Waals surface area contributed by atoms with Gasteiger partial charge in [-0.05, 0) is 38.4 Å². The molecule has 4 heteroatoms. The van der Waals surface area contributed by atoms with Gasteiger partial charge in [-0.25, -0.2) is 0 Å². The topological polar surface area (TPSA) is 59.5 Å². The van der Waals surface area contributed by atoms with Gasteiger partial charge in [-0.15, -0.1) is 0 Å². The molecule has 0 atom stereocenters. The minimum Gasteiger partial charge on any atom is -0.466 e. The second kappa shape index (κ2) is 5.14. The van der Waals surface area contributed by atoms with Crippen molar-refractivity contribution in [3.05, 3.63) is 23.7 Å². The molecule has 100 valence electrons. The van der Waals surface area contributed by atoms with Crippen LogP contribution in [0, 0.1) is 12.3 Å². The van der Waals surface area contributed by atoms with Gasteiger partial charge in [0.1, 0.15) is 11.5 Å². The molecule has 0 saturated heterocycles. The highest BCUT2D eigenvalue weighted by Crippen LogP contribution is 2.44. The summed E-state index contributed by atoms with van der Waals surface area (Å²) in [6, 6.07) is 3.86. The van der Waals surface area contributed by atoms with Crippen LogP contribution in [0.3, 0.4) is 0 Å². The van der Waals surface area contributed by atoms with Crippen LogP contribution in [-0.4, -0.2) is 30.9 Å². The van der Waals surface area contributed by atoms with Crippen LogP contribution in [0.5, 0.6) is 0 Å². The Kier molecular flexibility index (Phi) is 3.76. The van der Waals surface area contributed by atoms with E-state index in [0.717, 1.165) is 30.9 Å². The highest BCUT2D eigenvalue weighted by molar-refractivity contribution is 5.76. The average molecular weight is 250 g/mol. The van der Waals surface area contributed by atoms with E-state index in [0.29, 0.717) is 19.4 Å². The Morgan fingerprint density at radius 1 is 1.50 bits per heavy atom. The minimum absolute atomic E-state index is 0.170. The van der Waals surface area contributed by atoms with Gasteiger partial charge in [0.15, 0.2) is 0 Å². The molecule has 18 heavy (non-hydrogen) atoms. The third-order valence-electron chi connectivity index (χ3n) is 3.77. The first-order chi connectivity index (χ1) is 8.54. The second-order valence-electron chi connectivity index (χ2n) is 5.47. The molecule has 4 nitrogen and oxygen atoms in total. The van der Waals surface area contributed by atoms with E-state index in [1.807, 2.05) is 31.0 Å². The van der Waals surface area contributed by atoms with Gasteiger partial charge in [0.2, 0.25) is 5.91 Å². The summed E-state index contributed by atoms with van der Waals surface area (Å²) in [5.74, 6) is 1.95. The number of rotatable bonds is 6. The third-order valence-corrected chi connectivity index (χ3v) is 3.77. The van der Waals surface area contributed by atoms with Gasteiger partial charge >= 0.3 is 0 Å². The first kappa shape index (κ1) is 13.1. The van der Waals surface area contributed by atoms with E-state index < -0.39 is 0 Å². The molecule has 0 unspecified atom stereocenters. The minimum atomic E-state index is 0.170. The number of carbonyl (C=O) groups excluding carboxylic acids is 1. The van der Waals surface area contributed by atoms with Crippen molar-refractivity contribution in [2.45, 2.75) is 32.6 Å². The summed E-state index contributed by atoms with van der Waals surface area (Å²) in [6.45, 7) is 3.39. The molecule has 1 amide bonds. The molecule has 1 fully saturated rings. The number of hydrogen-bond donors (Lipinski definition) is 1. The molecule has 1 aromatic heterocycles. The van der Waals surface area contributed by atoms with E-state index in [2.05, 4.69) is 0 Å². The van der Waals surface area contributed by atoms with Gasteiger partial charge < -0.3 is 15.1 Å². The number of nitrogens with two attached hydrogens (primary N) is 1. The standard InChI is InChI=1S/C14H22N2O2/c1-11-3-4-12(18-11)5-6-13(17)16(2)10-14(9-15)7-8-14/h3-4H,5-10,15H2,1-2H3. The maximum Gasteiger partial charge on any atom is 0.222 e. The van der Waals surface area contributed by atoms with Gasteiger partial charge in [-0.3, -0.25) is 4.79 Å². The van der Waals surface area contributed by atoms with Gasteiger partial charge in [0.05, 0.1) is 0 Å². The summed E-state index contributed by atoms with van der Waals surface area (Å²) in [5, 5.41) is 0. The van der Waals surface area contributed by atoms with Crippen molar-refractivity contribution in [3.63, 3.8) is 0 Å². The lowest BCUT2D eigenvalue weighted by atomic mass is 10.1. The Morgan fingerprint density at radius 2 is 2.22 bits per heavy atom. The summed E-state index contributed by atoms with van der Waals surface area (Å²) < 4.78 is 5.46. The lowest BCUT2D eigenvalue weighted by Gasteiger charge is -2.22. The van der Waals surface area contributed by atoms with Gasteiger partial charge in [0.25, 0.3) is 0 Å². The molecule has 2 rings (SSSR count). The lowest BCUT2D eigenvalue weighted by Crippen LogP contribution is -2.35. The maximum atomic E-state index is 12.0. The Hall–Kier alpha value is -1.29. The summed E-state index contributed by atoms with van der Waals surface area (Å²) in [7, 11) is 1.87. The van der Waals surface area contributed by atoms with E-state index in [9.17, 15) is 4.79 Å². The molecule has 1 aliphatic rings. The molecule has 0 aromatic carbocycles. The van der Waals surface area contributed by atoms with Crippen LogP contribution < -0.4 is 5.73 Å². The average Bonchev–Trinajstić information content (AvgIpc) is 3.00. The molecular formula is C14H22N2O2. The maximum absolute atomic E-state index is 12.0. The number of carbonyl (C=O) groups is 1. The van der Waals surface area contributed by atoms with Crippen molar-refractivity contribution in [1.82, 2.24) is 4.90 Å². The Labute approximate surface area is 108 Å². The van der Waals surface area contributed by atoms with E-state index >= 15 is 0 Å². The fourth-order valence-electron chi connectivity index (χ4n) is 2.24. The second-order valence-corrected chi connectivity index (χ2v) is 5.47. The van der Waals surface area contributed by atoms with Crippen LogP contribution in [0.15, 0.2) is 16.5 Å². The molecular weight excluding hydrogens is 228 g/mol. The van der Waals surface area contributed by atoms with Crippen molar-refractivity contribution in [2.24, 2.45) is 11.1 Å². The fourth-order valence-corrected chi connectivity index (χ4v) is 2.24. The fraction of sp³-hybridized carbons (Fsp3) is 0.643. The SMILES string of the molecule is Cc1ccc(CCC(=O)N(C)CC2(CN)CC2)o1. The van der Waals surface area contributed by atoms with Crippen molar-refractivity contribution < 1.29 is 9.21 Å². The van der Waals surface area contributed by atoms with Crippen LogP contribution in [0.1, 0.15) is 30.8 Å². The predicted molar refractivity (Wildman–Crippen MR) is 70.1 cm³/mol. The predicted octanol–water partition coefficient (Wildman–Crippen LogP) is 1.72. The molecule has 0 aliphatic heterocycles. The summed E-state index contributed by atoms with van der Waals surface area (Å²) in [6.07, 6.45) is 3.48. The van der Waals surface area contributed by atoms with Crippen molar-refractivity contribution in [2.75, 3.05) is 20.1 Å².